The fourth-order valence-electron chi connectivity index (χ4n) is 3.92. The van der Waals surface area contributed by atoms with Crippen LogP contribution in [0.3, 0.4) is 0 Å². The van der Waals surface area contributed by atoms with E-state index >= 15 is 0 Å². The van der Waals surface area contributed by atoms with Crippen LogP contribution in [0.25, 0.3) is 0 Å². The summed E-state index contributed by atoms with van der Waals surface area (Å²) in [6.45, 7) is -3.33. The minimum absolute atomic E-state index is 0.173. The molecule has 1 saturated heterocycles. The highest BCUT2D eigenvalue weighted by Crippen LogP contribution is 2.43. The molecule has 0 bridgehead atoms. The molecule has 1 unspecified atom stereocenters. The second-order valence-electron chi connectivity index (χ2n) is 7.31. The molecule has 170 valence electrons. The molecule has 1 N–H and O–H groups in total. The van der Waals surface area contributed by atoms with Gasteiger partial charge in [0.1, 0.15) is 11.0 Å². The summed E-state index contributed by atoms with van der Waals surface area (Å²) >= 11 is 0.951. The van der Waals surface area contributed by atoms with Gasteiger partial charge in [0.05, 0.1) is 5.56 Å². The Hall–Kier alpha value is -2.82. The fraction of sp³-hybridized carbons (Fsp3) is 0.333. The number of benzene rings is 2. The molecule has 2 aromatic carbocycles. The van der Waals surface area contributed by atoms with E-state index in [-0.39, 0.29) is 28.6 Å². The first-order valence-corrected chi connectivity index (χ1v) is 10.5. The molecule has 2 aliphatic rings. The Morgan fingerprint density at radius 3 is 2.50 bits per heavy atom. The Kier molecular flexibility index (Phi) is 6.02. The van der Waals surface area contributed by atoms with E-state index in [1.165, 1.54) is 0 Å². The zero-order chi connectivity index (χ0) is 23.0. The molecule has 2 atom stereocenters. The predicted molar refractivity (Wildman–Crippen MR) is 105 cm³/mol. The van der Waals surface area contributed by atoms with E-state index in [1.54, 1.807) is 18.2 Å². The largest absolute Gasteiger partial charge is 0.453 e. The lowest BCUT2D eigenvalue weighted by molar-refractivity contribution is -0.138. The van der Waals surface area contributed by atoms with Gasteiger partial charge in [0.2, 0.25) is 5.91 Å². The number of carbonyl (C=O) groups is 2. The van der Waals surface area contributed by atoms with Crippen molar-refractivity contribution in [2.75, 3.05) is 0 Å². The Bertz CT molecular complexity index is 1060. The van der Waals surface area contributed by atoms with Gasteiger partial charge in [0.25, 0.3) is 5.24 Å². The maximum atomic E-state index is 12.9. The van der Waals surface area contributed by atoms with E-state index in [1.807, 2.05) is 0 Å². The standard InChI is InChI=1S/C21H16F5NO4S/c22-19(23)31-16-9-11(21(24,25)26)4-7-15(16)30-12-5-6-13-10(8-12)2-1-3-14(13)17-18(28)27-20(29)32-17/h4-9,14,17,19H,1-3H2,(H,27,28,29)/t14-,17?/m1/s1. The molecule has 4 rings (SSSR count). The molecule has 1 aliphatic carbocycles. The van der Waals surface area contributed by atoms with Gasteiger partial charge in [-0.25, -0.2) is 0 Å². The molecule has 0 saturated carbocycles. The summed E-state index contributed by atoms with van der Waals surface area (Å²) in [6.07, 6.45) is -2.58. The first kappa shape index (κ1) is 22.4. The van der Waals surface area contributed by atoms with Crippen LogP contribution < -0.4 is 14.8 Å². The van der Waals surface area contributed by atoms with Crippen LogP contribution in [0, 0.1) is 0 Å². The molecule has 5 nitrogen and oxygen atoms in total. The van der Waals surface area contributed by atoms with Crippen LogP contribution in [-0.4, -0.2) is 23.0 Å². The minimum atomic E-state index is -4.73. The van der Waals surface area contributed by atoms with Crippen LogP contribution in [0.1, 0.15) is 35.4 Å². The van der Waals surface area contributed by atoms with Gasteiger partial charge < -0.3 is 9.47 Å². The van der Waals surface area contributed by atoms with Gasteiger partial charge in [-0.1, -0.05) is 17.8 Å². The Labute approximate surface area is 183 Å². The van der Waals surface area contributed by atoms with Crippen LogP contribution in [0.4, 0.5) is 26.7 Å². The number of halogens is 5. The van der Waals surface area contributed by atoms with Gasteiger partial charge >= 0.3 is 12.8 Å². The number of nitrogens with one attached hydrogen (secondary N) is 1. The zero-order valence-electron chi connectivity index (χ0n) is 16.2. The lowest BCUT2D eigenvalue weighted by atomic mass is 9.80. The summed E-state index contributed by atoms with van der Waals surface area (Å²) in [7, 11) is 0. The van der Waals surface area contributed by atoms with Crippen LogP contribution in [-0.2, 0) is 17.4 Å². The van der Waals surface area contributed by atoms with Crippen molar-refractivity contribution < 1.29 is 41.0 Å². The Morgan fingerprint density at radius 2 is 1.84 bits per heavy atom. The SMILES string of the molecule is O=C1NC(=O)C([C@@H]2CCCc3cc(Oc4ccc(C(F)(F)F)cc4OC(F)F)ccc32)S1. The topological polar surface area (TPSA) is 64.6 Å². The maximum absolute atomic E-state index is 12.9. The van der Waals surface area contributed by atoms with Crippen molar-refractivity contribution in [1.82, 2.24) is 5.32 Å². The van der Waals surface area contributed by atoms with Crippen molar-refractivity contribution in [2.24, 2.45) is 0 Å². The molecular weight excluding hydrogens is 457 g/mol. The lowest BCUT2D eigenvalue weighted by Gasteiger charge is -2.28. The molecule has 1 heterocycles. The number of fused-ring (bicyclic) bond motifs is 1. The van der Waals surface area contributed by atoms with Crippen molar-refractivity contribution in [1.29, 1.82) is 0 Å². The second-order valence-corrected chi connectivity index (χ2v) is 8.43. The van der Waals surface area contributed by atoms with E-state index in [9.17, 15) is 31.5 Å². The summed E-state index contributed by atoms with van der Waals surface area (Å²) < 4.78 is 74.1. The summed E-state index contributed by atoms with van der Waals surface area (Å²) in [5.74, 6) is -1.31. The molecular formula is C21H16F5NO4S. The van der Waals surface area contributed by atoms with Gasteiger partial charge in [0, 0.05) is 5.92 Å². The molecule has 1 aliphatic heterocycles. The van der Waals surface area contributed by atoms with Crippen molar-refractivity contribution >= 4 is 22.9 Å². The highest BCUT2D eigenvalue weighted by Gasteiger charge is 2.40. The molecule has 0 spiro atoms. The van der Waals surface area contributed by atoms with Gasteiger partial charge in [0.15, 0.2) is 11.5 Å². The van der Waals surface area contributed by atoms with E-state index < -0.39 is 29.4 Å². The van der Waals surface area contributed by atoms with Crippen LogP contribution in [0.2, 0.25) is 0 Å². The number of alkyl halides is 5. The van der Waals surface area contributed by atoms with Crippen molar-refractivity contribution in [2.45, 2.75) is 43.2 Å². The van der Waals surface area contributed by atoms with E-state index in [0.29, 0.717) is 12.5 Å². The number of aryl methyl sites for hydroxylation is 1. The molecule has 32 heavy (non-hydrogen) atoms. The number of amides is 2. The monoisotopic (exact) mass is 473 g/mol. The molecule has 2 amide bonds. The zero-order valence-corrected chi connectivity index (χ0v) is 17.1. The van der Waals surface area contributed by atoms with Gasteiger partial charge in [-0.3, -0.25) is 14.9 Å². The van der Waals surface area contributed by atoms with Gasteiger partial charge in [-0.2, -0.15) is 22.0 Å². The number of thioether (sulfide) groups is 1. The number of imide groups is 1. The van der Waals surface area contributed by atoms with E-state index in [4.69, 9.17) is 4.74 Å². The summed E-state index contributed by atoms with van der Waals surface area (Å²) in [4.78, 5) is 23.6. The van der Waals surface area contributed by atoms with Crippen molar-refractivity contribution in [3.8, 4) is 17.2 Å². The average molecular weight is 473 g/mol. The van der Waals surface area contributed by atoms with Crippen LogP contribution >= 0.6 is 11.8 Å². The Balaban J connectivity index is 1.61. The molecule has 0 aromatic heterocycles. The highest BCUT2D eigenvalue weighted by atomic mass is 32.2. The third-order valence-corrected chi connectivity index (χ3v) is 6.39. The van der Waals surface area contributed by atoms with Crippen LogP contribution in [0.5, 0.6) is 17.2 Å². The summed E-state index contributed by atoms with van der Waals surface area (Å²) in [6, 6.07) is 7.03. The molecule has 11 heteroatoms. The quantitative estimate of drug-likeness (QED) is 0.551. The maximum Gasteiger partial charge on any atom is 0.416 e. The molecule has 0 radical (unpaired) electrons. The minimum Gasteiger partial charge on any atom is -0.453 e. The number of ether oxygens (including phenoxy) is 2. The third kappa shape index (κ3) is 4.67. The average Bonchev–Trinajstić information content (AvgIpc) is 3.05. The normalized spacial score (nSPS) is 20.8. The highest BCUT2D eigenvalue weighted by molar-refractivity contribution is 8.15. The first-order chi connectivity index (χ1) is 15.1. The fourth-order valence-corrected chi connectivity index (χ4v) is 4.93. The van der Waals surface area contributed by atoms with Crippen molar-refractivity contribution in [3.63, 3.8) is 0 Å². The third-order valence-electron chi connectivity index (χ3n) is 5.27. The number of hydrogen-bond acceptors (Lipinski definition) is 5. The van der Waals surface area contributed by atoms with E-state index in [0.717, 1.165) is 47.9 Å². The van der Waals surface area contributed by atoms with Crippen LogP contribution in [0.15, 0.2) is 36.4 Å². The van der Waals surface area contributed by atoms with Gasteiger partial charge in [-0.15, -0.1) is 0 Å². The van der Waals surface area contributed by atoms with E-state index in [2.05, 4.69) is 10.1 Å². The lowest BCUT2D eigenvalue weighted by Crippen LogP contribution is -2.30. The smallest absolute Gasteiger partial charge is 0.416 e. The number of hydrogen-bond donors (Lipinski definition) is 1. The first-order valence-electron chi connectivity index (χ1n) is 9.60. The predicted octanol–water partition coefficient (Wildman–Crippen LogP) is 5.87. The van der Waals surface area contributed by atoms with Gasteiger partial charge in [-0.05, 0) is 60.7 Å². The second kappa shape index (κ2) is 8.61. The van der Waals surface area contributed by atoms with Crippen molar-refractivity contribution in [3.05, 3.63) is 53.1 Å². The molecule has 1 fully saturated rings. The summed E-state index contributed by atoms with van der Waals surface area (Å²) in [5, 5.41) is 1.36. The Morgan fingerprint density at radius 1 is 1.06 bits per heavy atom. The number of carbonyl (C=O) groups excluding carboxylic acids is 2. The number of rotatable bonds is 5. The summed E-state index contributed by atoms with van der Waals surface area (Å²) in [5.41, 5.74) is 0.591. The molecule has 2 aromatic rings.